The van der Waals surface area contributed by atoms with Crippen LogP contribution in [0, 0.1) is 17.7 Å². The molecule has 3 rings (SSSR count). The second-order valence-electron chi connectivity index (χ2n) is 6.86. The number of rotatable bonds is 7. The van der Waals surface area contributed by atoms with Crippen molar-refractivity contribution in [3.8, 4) is 0 Å². The van der Waals surface area contributed by atoms with Crippen molar-refractivity contribution in [2.45, 2.75) is 24.8 Å². The molecule has 6 heteroatoms. The summed E-state index contributed by atoms with van der Waals surface area (Å²) < 4.78 is 23.9. The molecule has 2 fully saturated rings. The van der Waals surface area contributed by atoms with Gasteiger partial charge in [0.25, 0.3) is 0 Å². The number of carbonyl (C=O) groups is 2. The molecule has 0 spiro atoms. The van der Waals surface area contributed by atoms with Crippen molar-refractivity contribution in [2.75, 3.05) is 26.4 Å². The van der Waals surface area contributed by atoms with Crippen molar-refractivity contribution in [2.24, 2.45) is 11.8 Å². The van der Waals surface area contributed by atoms with Gasteiger partial charge in [0.1, 0.15) is 18.7 Å². The Hall–Kier alpha value is -2.21. The van der Waals surface area contributed by atoms with Gasteiger partial charge in [-0.05, 0) is 42.4 Å². The van der Waals surface area contributed by atoms with E-state index in [4.69, 9.17) is 9.47 Å². The lowest BCUT2D eigenvalue weighted by Gasteiger charge is -2.35. The summed E-state index contributed by atoms with van der Waals surface area (Å²) in [5.74, 6) is -0.574. The van der Waals surface area contributed by atoms with Crippen molar-refractivity contribution < 1.29 is 23.5 Å². The molecule has 2 saturated heterocycles. The first-order valence-electron chi connectivity index (χ1n) is 8.98. The van der Waals surface area contributed by atoms with E-state index in [-0.39, 0.29) is 36.8 Å². The van der Waals surface area contributed by atoms with Gasteiger partial charge in [-0.25, -0.2) is 9.18 Å². The summed E-state index contributed by atoms with van der Waals surface area (Å²) >= 11 is 0. The molecular weight excluding hydrogens is 337 g/mol. The fraction of sp³-hybridized carbons (Fsp3) is 0.500. The van der Waals surface area contributed by atoms with E-state index in [1.165, 1.54) is 12.1 Å². The summed E-state index contributed by atoms with van der Waals surface area (Å²) in [5, 5.41) is 0. The molecule has 0 N–H and O–H groups in total. The molecule has 0 aliphatic carbocycles. The zero-order chi connectivity index (χ0) is 18.5. The molecule has 2 aliphatic rings. The highest BCUT2D eigenvalue weighted by atomic mass is 19.1. The number of hydrogen-bond donors (Lipinski definition) is 0. The van der Waals surface area contributed by atoms with Crippen LogP contribution in [0.5, 0.6) is 0 Å². The van der Waals surface area contributed by atoms with Crippen molar-refractivity contribution in [3.05, 3.63) is 48.3 Å². The maximum Gasteiger partial charge on any atom is 0.410 e. The van der Waals surface area contributed by atoms with E-state index in [9.17, 15) is 14.0 Å². The van der Waals surface area contributed by atoms with Crippen LogP contribution >= 0.6 is 0 Å². The molecule has 0 radical (unpaired) electrons. The number of halogens is 1. The monoisotopic (exact) mass is 361 g/mol. The first-order valence-corrected chi connectivity index (χ1v) is 8.98. The molecule has 1 aromatic rings. The van der Waals surface area contributed by atoms with E-state index in [0.717, 1.165) is 24.7 Å². The fourth-order valence-electron chi connectivity index (χ4n) is 3.97. The lowest BCUT2D eigenvalue weighted by atomic mass is 9.74. The molecule has 0 bridgehead atoms. The first-order chi connectivity index (χ1) is 12.6. The molecule has 0 aromatic heterocycles. The minimum Gasteiger partial charge on any atom is -0.447 e. The zero-order valence-corrected chi connectivity index (χ0v) is 14.7. The van der Waals surface area contributed by atoms with Crippen LogP contribution in [0.15, 0.2) is 36.9 Å². The molecule has 3 atom stereocenters. The van der Waals surface area contributed by atoms with Crippen LogP contribution in [0.2, 0.25) is 0 Å². The second-order valence-corrected chi connectivity index (χ2v) is 6.86. The first kappa shape index (κ1) is 18.6. The van der Waals surface area contributed by atoms with E-state index >= 15 is 0 Å². The average Bonchev–Trinajstić information content (AvgIpc) is 3.03. The number of benzene rings is 1. The number of hydrogen-bond acceptors (Lipinski definition) is 4. The minimum absolute atomic E-state index is 0.101. The predicted octanol–water partition coefficient (Wildman–Crippen LogP) is 3.16. The summed E-state index contributed by atoms with van der Waals surface area (Å²) in [6.45, 7) is 5.56. The third-order valence-electron chi connectivity index (χ3n) is 5.36. The summed E-state index contributed by atoms with van der Waals surface area (Å²) in [7, 11) is 0. The molecule has 2 aliphatic heterocycles. The number of nitrogens with zero attached hydrogens (tertiary/aromatic N) is 1. The number of aldehydes is 1. The summed E-state index contributed by atoms with van der Waals surface area (Å²) in [6.07, 6.45) is 3.82. The fourth-order valence-corrected chi connectivity index (χ4v) is 3.97. The van der Waals surface area contributed by atoms with E-state index in [1.54, 1.807) is 23.1 Å². The van der Waals surface area contributed by atoms with Gasteiger partial charge in [0.05, 0.1) is 6.04 Å². The molecule has 2 heterocycles. The predicted molar refractivity (Wildman–Crippen MR) is 94.3 cm³/mol. The number of ether oxygens (including phenoxy) is 2. The maximum absolute atomic E-state index is 13.4. The van der Waals surface area contributed by atoms with Crippen LogP contribution < -0.4 is 0 Å². The quantitative estimate of drug-likeness (QED) is 0.553. The Morgan fingerprint density at radius 1 is 1.27 bits per heavy atom. The third kappa shape index (κ3) is 3.96. The van der Waals surface area contributed by atoms with Crippen molar-refractivity contribution >= 4 is 12.4 Å². The smallest absolute Gasteiger partial charge is 0.410 e. The van der Waals surface area contributed by atoms with Gasteiger partial charge < -0.3 is 14.3 Å². The number of amides is 1. The van der Waals surface area contributed by atoms with E-state index in [1.807, 2.05) is 0 Å². The Morgan fingerprint density at radius 3 is 2.58 bits per heavy atom. The Bertz CT molecular complexity index is 642. The van der Waals surface area contributed by atoms with E-state index in [0.29, 0.717) is 13.2 Å². The Balaban J connectivity index is 1.87. The van der Waals surface area contributed by atoms with Crippen LogP contribution in [-0.2, 0) is 14.3 Å². The zero-order valence-electron chi connectivity index (χ0n) is 14.7. The second kappa shape index (κ2) is 8.45. The molecular formula is C20H24FNO4. The SMILES string of the molecule is C=C[C@H]1COC(=O)N1CC(C=O)[C@@H](c1ccc(F)cc1)C1CCOCC1. The van der Waals surface area contributed by atoms with Crippen LogP contribution in [0.25, 0.3) is 0 Å². The van der Waals surface area contributed by atoms with Gasteiger partial charge in [-0.1, -0.05) is 18.2 Å². The summed E-state index contributed by atoms with van der Waals surface area (Å²) in [6, 6.07) is 6.08. The average molecular weight is 361 g/mol. The largest absolute Gasteiger partial charge is 0.447 e. The van der Waals surface area contributed by atoms with E-state index in [2.05, 4.69) is 6.58 Å². The van der Waals surface area contributed by atoms with Gasteiger partial charge in [-0.3, -0.25) is 4.90 Å². The highest BCUT2D eigenvalue weighted by Crippen LogP contribution is 2.38. The van der Waals surface area contributed by atoms with Crippen LogP contribution in [0.3, 0.4) is 0 Å². The Labute approximate surface area is 152 Å². The van der Waals surface area contributed by atoms with Gasteiger partial charge in [-0.15, -0.1) is 6.58 Å². The lowest BCUT2D eigenvalue weighted by molar-refractivity contribution is -0.113. The maximum atomic E-state index is 13.4. The molecule has 0 saturated carbocycles. The van der Waals surface area contributed by atoms with Crippen LogP contribution in [0.1, 0.15) is 24.3 Å². The van der Waals surface area contributed by atoms with Crippen molar-refractivity contribution in [1.82, 2.24) is 4.90 Å². The van der Waals surface area contributed by atoms with Gasteiger partial charge >= 0.3 is 6.09 Å². The molecule has 26 heavy (non-hydrogen) atoms. The molecule has 1 unspecified atom stereocenters. The summed E-state index contributed by atoms with van der Waals surface area (Å²) in [5.41, 5.74) is 0.915. The summed E-state index contributed by atoms with van der Waals surface area (Å²) in [4.78, 5) is 25.6. The normalized spacial score (nSPS) is 23.3. The number of cyclic esters (lactones) is 1. The highest BCUT2D eigenvalue weighted by molar-refractivity contribution is 5.71. The molecule has 140 valence electrons. The molecule has 1 aromatic carbocycles. The Kier molecular flexibility index (Phi) is 6.04. The Morgan fingerprint density at radius 2 is 1.96 bits per heavy atom. The van der Waals surface area contributed by atoms with Crippen molar-refractivity contribution in [3.63, 3.8) is 0 Å². The minimum atomic E-state index is -0.424. The topological polar surface area (TPSA) is 55.8 Å². The van der Waals surface area contributed by atoms with Gasteiger partial charge in [0, 0.05) is 25.7 Å². The lowest BCUT2D eigenvalue weighted by Crippen LogP contribution is -2.40. The van der Waals surface area contributed by atoms with Crippen LogP contribution in [0.4, 0.5) is 9.18 Å². The van der Waals surface area contributed by atoms with E-state index < -0.39 is 12.0 Å². The molecule has 1 amide bonds. The van der Waals surface area contributed by atoms with Gasteiger partial charge in [-0.2, -0.15) is 0 Å². The van der Waals surface area contributed by atoms with Crippen molar-refractivity contribution in [1.29, 1.82) is 0 Å². The van der Waals surface area contributed by atoms with Crippen LogP contribution in [-0.4, -0.2) is 49.7 Å². The molecule has 5 nitrogen and oxygen atoms in total. The standard InChI is InChI=1S/C20H24FNO4/c1-2-18-13-26-20(24)22(18)11-16(12-23)19(15-7-9-25-10-8-15)14-3-5-17(21)6-4-14/h2-6,12,15-16,18-19H,1,7-11,13H2/t16?,18-,19-/m0/s1. The number of carbonyl (C=O) groups excluding carboxylic acids is 2. The third-order valence-corrected chi connectivity index (χ3v) is 5.36. The van der Waals surface area contributed by atoms with Gasteiger partial charge in [0.15, 0.2) is 0 Å². The van der Waals surface area contributed by atoms with Gasteiger partial charge in [0.2, 0.25) is 0 Å². The highest BCUT2D eigenvalue weighted by Gasteiger charge is 2.38.